The van der Waals surface area contributed by atoms with Crippen molar-refractivity contribution in [2.75, 3.05) is 46.8 Å². The fourth-order valence-corrected chi connectivity index (χ4v) is 6.79. The molecule has 3 saturated heterocycles. The van der Waals surface area contributed by atoms with Crippen molar-refractivity contribution < 1.29 is 19.2 Å². The van der Waals surface area contributed by atoms with Gasteiger partial charge >= 0.3 is 0 Å². The van der Waals surface area contributed by atoms with Gasteiger partial charge in [-0.15, -0.1) is 0 Å². The van der Waals surface area contributed by atoms with Crippen LogP contribution >= 0.6 is 0 Å². The van der Waals surface area contributed by atoms with Crippen LogP contribution in [0.5, 0.6) is 0 Å². The number of likely N-dealkylation sites (tertiary alicyclic amines) is 3. The summed E-state index contributed by atoms with van der Waals surface area (Å²) in [4.78, 5) is 61.7. The molecule has 0 saturated carbocycles. The van der Waals surface area contributed by atoms with Gasteiger partial charge in [-0.2, -0.15) is 0 Å². The maximum atomic E-state index is 14.1. The van der Waals surface area contributed by atoms with Crippen LogP contribution in [-0.4, -0.2) is 120 Å². The molecule has 3 heterocycles. The Morgan fingerprint density at radius 3 is 2.12 bits per heavy atom. The standard InChI is InChI=1S/C31H56N6O4/c1-9-32-27(38)23-15-13-19-37(23)29(40)24-16-12-18-36(24)20-25(21(2)3)35(8)30(41)26(31(4,5)6)33-28(39)22-14-10-11-17-34(22)7/h21-26H,9-20H2,1-8H3,(H,32,38)(H,33,39)/t22-,23-,24+,25-,26-/m1/s1. The van der Waals surface area contributed by atoms with Crippen LogP contribution in [0.3, 0.4) is 0 Å². The first-order chi connectivity index (χ1) is 19.3. The summed E-state index contributed by atoms with van der Waals surface area (Å²) >= 11 is 0. The first-order valence-electron chi connectivity index (χ1n) is 15.9. The molecule has 4 amide bonds. The number of carbonyl (C=O) groups is 4. The average Bonchev–Trinajstić information content (AvgIpc) is 3.59. The molecule has 0 aliphatic carbocycles. The van der Waals surface area contributed by atoms with E-state index in [0.29, 0.717) is 26.1 Å². The van der Waals surface area contributed by atoms with Gasteiger partial charge in [0.25, 0.3) is 0 Å². The summed E-state index contributed by atoms with van der Waals surface area (Å²) in [7, 11) is 3.82. The summed E-state index contributed by atoms with van der Waals surface area (Å²) in [5.74, 6) is -0.0588. The number of carbonyl (C=O) groups excluding carboxylic acids is 4. The van der Waals surface area contributed by atoms with Crippen LogP contribution in [0.4, 0.5) is 0 Å². The highest BCUT2D eigenvalue weighted by atomic mass is 16.2. The summed E-state index contributed by atoms with van der Waals surface area (Å²) in [5, 5.41) is 6.02. The molecule has 3 aliphatic heterocycles. The van der Waals surface area contributed by atoms with Crippen molar-refractivity contribution in [3.05, 3.63) is 0 Å². The Kier molecular flexibility index (Phi) is 11.6. The van der Waals surface area contributed by atoms with Gasteiger partial charge in [-0.3, -0.25) is 29.0 Å². The van der Waals surface area contributed by atoms with Crippen molar-refractivity contribution in [3.8, 4) is 0 Å². The molecule has 0 aromatic rings. The van der Waals surface area contributed by atoms with E-state index in [1.807, 2.05) is 41.8 Å². The topological polar surface area (TPSA) is 105 Å². The third-order valence-corrected chi connectivity index (χ3v) is 9.35. The molecule has 41 heavy (non-hydrogen) atoms. The van der Waals surface area contributed by atoms with Gasteiger partial charge in [0.05, 0.1) is 12.1 Å². The first-order valence-corrected chi connectivity index (χ1v) is 15.9. The number of piperidine rings is 1. The zero-order chi connectivity index (χ0) is 30.5. The second kappa shape index (κ2) is 14.3. The Morgan fingerprint density at radius 1 is 0.878 bits per heavy atom. The third kappa shape index (κ3) is 8.00. The largest absolute Gasteiger partial charge is 0.355 e. The van der Waals surface area contributed by atoms with E-state index in [1.165, 1.54) is 0 Å². The number of hydrogen-bond acceptors (Lipinski definition) is 6. The number of likely N-dealkylation sites (N-methyl/N-ethyl adjacent to an activating group) is 3. The number of hydrogen-bond donors (Lipinski definition) is 2. The highest BCUT2D eigenvalue weighted by molar-refractivity contribution is 5.91. The van der Waals surface area contributed by atoms with Crippen molar-refractivity contribution in [3.63, 3.8) is 0 Å². The molecule has 0 radical (unpaired) electrons. The monoisotopic (exact) mass is 576 g/mol. The highest BCUT2D eigenvalue weighted by Crippen LogP contribution is 2.28. The average molecular weight is 577 g/mol. The smallest absolute Gasteiger partial charge is 0.245 e. The lowest BCUT2D eigenvalue weighted by atomic mass is 9.84. The Labute approximate surface area is 247 Å². The molecule has 5 atom stereocenters. The predicted molar refractivity (Wildman–Crippen MR) is 161 cm³/mol. The number of nitrogens with one attached hydrogen (secondary N) is 2. The molecule has 3 aliphatic rings. The lowest BCUT2D eigenvalue weighted by molar-refractivity contribution is -0.144. The molecule has 2 N–H and O–H groups in total. The minimum atomic E-state index is -0.657. The van der Waals surface area contributed by atoms with Crippen LogP contribution in [0.15, 0.2) is 0 Å². The highest BCUT2D eigenvalue weighted by Gasteiger charge is 2.43. The van der Waals surface area contributed by atoms with E-state index in [-0.39, 0.29) is 47.7 Å². The van der Waals surface area contributed by atoms with Gasteiger partial charge in [-0.1, -0.05) is 41.0 Å². The Bertz CT molecular complexity index is 934. The Morgan fingerprint density at radius 2 is 1.51 bits per heavy atom. The summed E-state index contributed by atoms with van der Waals surface area (Å²) in [6.45, 7) is 15.5. The van der Waals surface area contributed by atoms with Gasteiger partial charge in [0.15, 0.2) is 0 Å². The van der Waals surface area contributed by atoms with E-state index in [1.54, 1.807) is 9.80 Å². The fraction of sp³-hybridized carbons (Fsp3) is 0.871. The summed E-state index contributed by atoms with van der Waals surface area (Å²) < 4.78 is 0. The molecule has 0 aromatic carbocycles. The van der Waals surface area contributed by atoms with Crippen LogP contribution < -0.4 is 10.6 Å². The SMILES string of the molecule is CCNC(=O)[C@H]1CCCN1C(=O)[C@@H]1CCCN1C[C@H](C(C)C)N(C)C(=O)[C@@H](NC(=O)[C@H]1CCCCN1C)C(C)(C)C. The summed E-state index contributed by atoms with van der Waals surface area (Å²) in [6.07, 6.45) is 6.12. The predicted octanol–water partition coefficient (Wildman–Crippen LogP) is 2.08. The zero-order valence-corrected chi connectivity index (χ0v) is 26.9. The van der Waals surface area contributed by atoms with E-state index in [2.05, 4.69) is 34.3 Å². The minimum absolute atomic E-state index is 0.0316. The first kappa shape index (κ1) is 33.3. The van der Waals surface area contributed by atoms with Gasteiger partial charge in [0, 0.05) is 32.7 Å². The van der Waals surface area contributed by atoms with E-state index in [4.69, 9.17) is 0 Å². The van der Waals surface area contributed by atoms with Crippen molar-refractivity contribution in [1.29, 1.82) is 0 Å². The Hall–Kier alpha value is -2.20. The molecule has 234 valence electrons. The second-order valence-corrected chi connectivity index (χ2v) is 13.8. The minimum Gasteiger partial charge on any atom is -0.355 e. The molecule has 0 bridgehead atoms. The maximum absolute atomic E-state index is 14.1. The zero-order valence-electron chi connectivity index (χ0n) is 26.9. The van der Waals surface area contributed by atoms with Crippen molar-refractivity contribution in [1.82, 2.24) is 30.2 Å². The lowest BCUT2D eigenvalue weighted by Crippen LogP contribution is -2.61. The molecule has 0 aromatic heterocycles. The molecular weight excluding hydrogens is 520 g/mol. The quantitative estimate of drug-likeness (QED) is 0.413. The van der Waals surface area contributed by atoms with Gasteiger partial charge in [0.2, 0.25) is 23.6 Å². The molecule has 3 fully saturated rings. The number of nitrogens with zero attached hydrogens (tertiary/aromatic N) is 4. The Balaban J connectivity index is 1.73. The molecular formula is C31H56N6O4. The molecule has 3 rings (SSSR count). The third-order valence-electron chi connectivity index (χ3n) is 9.35. The maximum Gasteiger partial charge on any atom is 0.245 e. The van der Waals surface area contributed by atoms with E-state index in [0.717, 1.165) is 51.6 Å². The molecule has 10 nitrogen and oxygen atoms in total. The van der Waals surface area contributed by atoms with Crippen LogP contribution in [0.1, 0.15) is 86.5 Å². The fourth-order valence-electron chi connectivity index (χ4n) is 6.79. The van der Waals surface area contributed by atoms with Crippen LogP contribution in [0, 0.1) is 11.3 Å². The van der Waals surface area contributed by atoms with Crippen molar-refractivity contribution in [2.24, 2.45) is 11.3 Å². The molecule has 10 heteroatoms. The summed E-state index contributed by atoms with van der Waals surface area (Å²) in [6, 6.07) is -1.68. The van der Waals surface area contributed by atoms with E-state index >= 15 is 0 Å². The van der Waals surface area contributed by atoms with Crippen LogP contribution in [0.25, 0.3) is 0 Å². The summed E-state index contributed by atoms with van der Waals surface area (Å²) in [5.41, 5.74) is -0.467. The van der Waals surface area contributed by atoms with Gasteiger partial charge < -0.3 is 20.4 Å². The van der Waals surface area contributed by atoms with Crippen molar-refractivity contribution in [2.45, 2.75) is 117 Å². The normalized spacial score (nSPS) is 25.7. The number of rotatable bonds is 10. The van der Waals surface area contributed by atoms with Gasteiger partial charge in [-0.25, -0.2) is 0 Å². The van der Waals surface area contributed by atoms with Crippen LogP contribution in [0.2, 0.25) is 0 Å². The van der Waals surface area contributed by atoms with Crippen molar-refractivity contribution >= 4 is 23.6 Å². The molecule has 0 spiro atoms. The van der Waals surface area contributed by atoms with E-state index in [9.17, 15) is 19.2 Å². The molecule has 0 unspecified atom stereocenters. The van der Waals surface area contributed by atoms with Crippen LogP contribution in [-0.2, 0) is 19.2 Å². The second-order valence-electron chi connectivity index (χ2n) is 13.8. The lowest BCUT2D eigenvalue weighted by Gasteiger charge is -2.41. The van der Waals surface area contributed by atoms with Gasteiger partial charge in [-0.05, 0) is 76.9 Å². The van der Waals surface area contributed by atoms with Gasteiger partial charge in [0.1, 0.15) is 12.1 Å². The number of amides is 4. The van der Waals surface area contributed by atoms with E-state index < -0.39 is 17.5 Å².